The van der Waals surface area contributed by atoms with Gasteiger partial charge in [0.25, 0.3) is 0 Å². The second-order valence-electron chi connectivity index (χ2n) is 5.05. The molecule has 1 aliphatic carbocycles. The Kier molecular flexibility index (Phi) is 5.62. The second kappa shape index (κ2) is 6.49. The lowest BCUT2D eigenvalue weighted by Gasteiger charge is -2.30. The van der Waals surface area contributed by atoms with Crippen LogP contribution in [-0.4, -0.2) is 37.1 Å². The van der Waals surface area contributed by atoms with Crippen molar-refractivity contribution in [3.8, 4) is 0 Å². The van der Waals surface area contributed by atoms with Gasteiger partial charge in [-0.05, 0) is 38.8 Å². The largest absolute Gasteiger partial charge is 0.317 e. The predicted molar refractivity (Wildman–Crippen MR) is 67.2 cm³/mol. The smallest absolute Gasteiger partial charge is 0.0111 e. The summed E-state index contributed by atoms with van der Waals surface area (Å²) < 4.78 is 0. The minimum absolute atomic E-state index is 0.765. The molecule has 0 aromatic rings. The third-order valence-electron chi connectivity index (χ3n) is 3.98. The molecule has 0 aliphatic heterocycles. The first-order valence-corrected chi connectivity index (χ1v) is 6.62. The molecule has 2 heteroatoms. The third-order valence-corrected chi connectivity index (χ3v) is 3.98. The summed E-state index contributed by atoms with van der Waals surface area (Å²) in [5, 5.41) is 3.41. The molecule has 0 spiro atoms. The van der Waals surface area contributed by atoms with E-state index in [9.17, 15) is 0 Å². The molecular weight excluding hydrogens is 184 g/mol. The Morgan fingerprint density at radius 1 is 1.33 bits per heavy atom. The van der Waals surface area contributed by atoms with E-state index in [4.69, 9.17) is 0 Å². The average Bonchev–Trinajstić information content (AvgIpc) is 2.73. The van der Waals surface area contributed by atoms with Crippen molar-refractivity contribution in [3.63, 3.8) is 0 Å². The monoisotopic (exact) mass is 212 g/mol. The minimum atomic E-state index is 0.765. The molecule has 15 heavy (non-hydrogen) atoms. The van der Waals surface area contributed by atoms with Crippen molar-refractivity contribution in [2.24, 2.45) is 5.92 Å². The fourth-order valence-corrected chi connectivity index (χ4v) is 2.62. The van der Waals surface area contributed by atoms with Gasteiger partial charge in [0, 0.05) is 18.6 Å². The van der Waals surface area contributed by atoms with Gasteiger partial charge in [0.2, 0.25) is 0 Å². The van der Waals surface area contributed by atoms with E-state index in [1.165, 1.54) is 38.8 Å². The van der Waals surface area contributed by atoms with Crippen LogP contribution in [-0.2, 0) is 0 Å². The zero-order valence-corrected chi connectivity index (χ0v) is 10.9. The van der Waals surface area contributed by atoms with E-state index in [1.807, 2.05) is 0 Å². The molecule has 0 radical (unpaired) electrons. The Morgan fingerprint density at radius 3 is 2.53 bits per heavy atom. The number of hydrogen-bond acceptors (Lipinski definition) is 2. The molecule has 1 N–H and O–H groups in total. The molecule has 1 rings (SSSR count). The van der Waals surface area contributed by atoms with Gasteiger partial charge in [0.1, 0.15) is 0 Å². The van der Waals surface area contributed by atoms with Crippen LogP contribution in [0.5, 0.6) is 0 Å². The molecule has 0 amide bonds. The quantitative estimate of drug-likeness (QED) is 0.728. The lowest BCUT2D eigenvalue weighted by atomic mass is 10.1. The molecule has 2 nitrogen and oxygen atoms in total. The van der Waals surface area contributed by atoms with E-state index >= 15 is 0 Å². The van der Waals surface area contributed by atoms with Crippen LogP contribution in [0.4, 0.5) is 0 Å². The highest BCUT2D eigenvalue weighted by atomic mass is 15.2. The first-order valence-electron chi connectivity index (χ1n) is 6.62. The zero-order chi connectivity index (χ0) is 11.3. The summed E-state index contributed by atoms with van der Waals surface area (Å²) in [6, 6.07) is 1.60. The van der Waals surface area contributed by atoms with Crippen molar-refractivity contribution in [1.82, 2.24) is 10.2 Å². The molecule has 0 aromatic heterocycles. The summed E-state index contributed by atoms with van der Waals surface area (Å²) >= 11 is 0. The van der Waals surface area contributed by atoms with Gasteiger partial charge in [-0.3, -0.25) is 0 Å². The molecule has 90 valence electrons. The van der Waals surface area contributed by atoms with Gasteiger partial charge < -0.3 is 10.2 Å². The van der Waals surface area contributed by atoms with Gasteiger partial charge in [-0.15, -0.1) is 0 Å². The summed E-state index contributed by atoms with van der Waals surface area (Å²) in [4.78, 5) is 2.69. The molecule has 3 atom stereocenters. The minimum Gasteiger partial charge on any atom is -0.317 e. The van der Waals surface area contributed by atoms with Gasteiger partial charge in [-0.25, -0.2) is 0 Å². The van der Waals surface area contributed by atoms with E-state index in [0.717, 1.165) is 18.0 Å². The average molecular weight is 212 g/mol. The Balaban J connectivity index is 2.38. The van der Waals surface area contributed by atoms with Crippen LogP contribution in [0.15, 0.2) is 0 Å². The van der Waals surface area contributed by atoms with Gasteiger partial charge in [0.15, 0.2) is 0 Å². The van der Waals surface area contributed by atoms with Crippen LogP contribution in [0.3, 0.4) is 0 Å². The number of hydrogen-bond donors (Lipinski definition) is 1. The molecule has 0 aromatic carbocycles. The summed E-state index contributed by atoms with van der Waals surface area (Å²) in [6.07, 6.45) is 5.40. The maximum absolute atomic E-state index is 3.41. The van der Waals surface area contributed by atoms with Crippen LogP contribution in [0, 0.1) is 5.92 Å². The van der Waals surface area contributed by atoms with E-state index in [-0.39, 0.29) is 0 Å². The van der Waals surface area contributed by atoms with E-state index < -0.39 is 0 Å². The lowest BCUT2D eigenvalue weighted by molar-refractivity contribution is 0.178. The lowest BCUT2D eigenvalue weighted by Crippen LogP contribution is -2.37. The van der Waals surface area contributed by atoms with Crippen molar-refractivity contribution in [2.75, 3.05) is 20.1 Å². The normalized spacial score (nSPS) is 28.6. The fourth-order valence-electron chi connectivity index (χ4n) is 2.62. The summed E-state index contributed by atoms with van der Waals surface area (Å²) in [5.74, 6) is 0.846. The third kappa shape index (κ3) is 3.76. The Hall–Kier alpha value is -0.0800. The van der Waals surface area contributed by atoms with E-state index in [2.05, 4.69) is 38.0 Å². The predicted octanol–water partition coefficient (Wildman–Crippen LogP) is 2.49. The Bertz CT molecular complexity index is 170. The maximum atomic E-state index is 3.41. The second-order valence-corrected chi connectivity index (χ2v) is 5.05. The maximum Gasteiger partial charge on any atom is 0.0111 e. The van der Waals surface area contributed by atoms with Crippen molar-refractivity contribution < 1.29 is 0 Å². The summed E-state index contributed by atoms with van der Waals surface area (Å²) in [7, 11) is 2.10. The SMILES string of the molecule is CCC(C)CN(CC)C1CCC(NC)C1. The topological polar surface area (TPSA) is 15.3 Å². The van der Waals surface area contributed by atoms with Crippen molar-refractivity contribution in [3.05, 3.63) is 0 Å². The highest BCUT2D eigenvalue weighted by molar-refractivity contribution is 4.86. The van der Waals surface area contributed by atoms with Crippen molar-refractivity contribution in [1.29, 1.82) is 0 Å². The van der Waals surface area contributed by atoms with E-state index in [0.29, 0.717) is 0 Å². The number of nitrogens with one attached hydrogen (secondary N) is 1. The van der Waals surface area contributed by atoms with Crippen LogP contribution < -0.4 is 5.32 Å². The molecule has 3 unspecified atom stereocenters. The first-order chi connectivity index (χ1) is 7.21. The van der Waals surface area contributed by atoms with E-state index in [1.54, 1.807) is 0 Å². The van der Waals surface area contributed by atoms with Crippen molar-refractivity contribution in [2.45, 2.75) is 58.5 Å². The Morgan fingerprint density at radius 2 is 2.07 bits per heavy atom. The van der Waals surface area contributed by atoms with Gasteiger partial charge in [0.05, 0.1) is 0 Å². The molecular formula is C13H28N2. The summed E-state index contributed by atoms with van der Waals surface area (Å²) in [6.45, 7) is 9.46. The fraction of sp³-hybridized carbons (Fsp3) is 1.00. The number of rotatable bonds is 6. The molecule has 1 aliphatic rings. The Labute approximate surface area is 95.4 Å². The van der Waals surface area contributed by atoms with Crippen LogP contribution in [0.2, 0.25) is 0 Å². The molecule has 0 saturated heterocycles. The standard InChI is InChI=1S/C13H28N2/c1-5-11(3)10-15(6-2)13-8-7-12(9-13)14-4/h11-14H,5-10H2,1-4H3. The van der Waals surface area contributed by atoms with Gasteiger partial charge in [-0.1, -0.05) is 27.2 Å². The first kappa shape index (κ1) is 13.0. The summed E-state index contributed by atoms with van der Waals surface area (Å²) in [5.41, 5.74) is 0. The highest BCUT2D eigenvalue weighted by Crippen LogP contribution is 2.24. The van der Waals surface area contributed by atoms with Gasteiger partial charge >= 0.3 is 0 Å². The van der Waals surface area contributed by atoms with Crippen LogP contribution in [0.1, 0.15) is 46.5 Å². The molecule has 1 saturated carbocycles. The molecule has 0 heterocycles. The van der Waals surface area contributed by atoms with Crippen LogP contribution >= 0.6 is 0 Å². The zero-order valence-electron chi connectivity index (χ0n) is 10.9. The molecule has 0 bridgehead atoms. The number of nitrogens with zero attached hydrogens (tertiary/aromatic N) is 1. The highest BCUT2D eigenvalue weighted by Gasteiger charge is 2.27. The molecule has 1 fully saturated rings. The van der Waals surface area contributed by atoms with Crippen molar-refractivity contribution >= 4 is 0 Å². The van der Waals surface area contributed by atoms with Crippen LogP contribution in [0.25, 0.3) is 0 Å². The van der Waals surface area contributed by atoms with Gasteiger partial charge in [-0.2, -0.15) is 0 Å².